The van der Waals surface area contributed by atoms with Gasteiger partial charge in [-0.3, -0.25) is 29.4 Å². The minimum absolute atomic E-state index is 0.0108. The number of hydrogen-bond donors (Lipinski definition) is 0. The highest BCUT2D eigenvalue weighted by Gasteiger charge is 2.37. The normalized spacial score (nSPS) is 16.0. The Kier molecular flexibility index (Phi) is 6.83. The summed E-state index contributed by atoms with van der Waals surface area (Å²) in [5.74, 6) is -0.576. The minimum Gasteiger partial charge on any atom is -0.461 e. The molecule has 0 spiro atoms. The molecule has 0 radical (unpaired) electrons. The number of benzene rings is 1. The average molecular weight is 458 g/mol. The number of rotatable bonds is 7. The van der Waals surface area contributed by atoms with Gasteiger partial charge in [-0.25, -0.2) is 0 Å². The molecular formula is C22H22N2O7S. The lowest BCUT2D eigenvalue weighted by Crippen LogP contribution is -2.35. The van der Waals surface area contributed by atoms with E-state index in [1.54, 1.807) is 39.0 Å². The first-order valence-electron chi connectivity index (χ1n) is 9.91. The quantitative estimate of drug-likeness (QED) is 0.250. The van der Waals surface area contributed by atoms with Gasteiger partial charge in [0, 0.05) is 23.3 Å². The summed E-state index contributed by atoms with van der Waals surface area (Å²) >= 11 is 0.701. The van der Waals surface area contributed by atoms with Crippen LogP contribution in [0.25, 0.3) is 17.4 Å². The third kappa shape index (κ3) is 4.91. The summed E-state index contributed by atoms with van der Waals surface area (Å²) < 4.78 is 10.9. The zero-order valence-electron chi connectivity index (χ0n) is 18.0. The largest absolute Gasteiger partial charge is 0.461 e. The van der Waals surface area contributed by atoms with Crippen LogP contribution >= 0.6 is 11.8 Å². The monoisotopic (exact) mass is 458 g/mol. The standard InChI is InChI=1S/C22H22N2O7S/c1-5-13(3)30-20(25)11-23-21(26)19(32-22(23)27)10-16-6-7-18(31-16)15-8-12(2)14(4)17(9-15)24(28)29/h6-10,13H,5,11H2,1-4H3/b19-10+/t13-/m1/s1. The van der Waals surface area contributed by atoms with Crippen LogP contribution in [0.15, 0.2) is 33.6 Å². The molecule has 1 saturated heterocycles. The van der Waals surface area contributed by atoms with Gasteiger partial charge in [-0.05, 0) is 62.7 Å². The Hall–Kier alpha value is -3.40. The summed E-state index contributed by atoms with van der Waals surface area (Å²) in [5, 5.41) is 10.7. The second kappa shape index (κ2) is 9.39. The Labute approximate surface area is 188 Å². The number of carbonyl (C=O) groups is 3. The van der Waals surface area contributed by atoms with E-state index in [4.69, 9.17) is 9.15 Å². The number of thioether (sulfide) groups is 1. The van der Waals surface area contributed by atoms with E-state index in [1.165, 1.54) is 12.1 Å². The van der Waals surface area contributed by atoms with E-state index in [2.05, 4.69) is 0 Å². The lowest BCUT2D eigenvalue weighted by atomic mass is 10.0. The van der Waals surface area contributed by atoms with E-state index < -0.39 is 28.6 Å². The van der Waals surface area contributed by atoms with Gasteiger partial charge >= 0.3 is 5.97 Å². The van der Waals surface area contributed by atoms with Gasteiger partial charge in [0.15, 0.2) is 0 Å². The molecule has 3 rings (SSSR count). The Bertz CT molecular complexity index is 1140. The summed E-state index contributed by atoms with van der Waals surface area (Å²) in [4.78, 5) is 48.5. The smallest absolute Gasteiger partial charge is 0.326 e. The third-order valence-electron chi connectivity index (χ3n) is 5.09. The molecule has 9 nitrogen and oxygen atoms in total. The van der Waals surface area contributed by atoms with Gasteiger partial charge in [0.1, 0.15) is 18.1 Å². The molecule has 0 N–H and O–H groups in total. The molecule has 2 heterocycles. The predicted molar refractivity (Wildman–Crippen MR) is 119 cm³/mol. The second-order valence-electron chi connectivity index (χ2n) is 7.37. The minimum atomic E-state index is -0.653. The van der Waals surface area contributed by atoms with Crippen molar-refractivity contribution in [3.05, 3.63) is 56.2 Å². The van der Waals surface area contributed by atoms with Gasteiger partial charge in [0.25, 0.3) is 16.8 Å². The number of imide groups is 1. The molecule has 1 aromatic carbocycles. The van der Waals surface area contributed by atoms with Crippen LogP contribution in [0.5, 0.6) is 0 Å². The molecule has 1 fully saturated rings. The van der Waals surface area contributed by atoms with Crippen LogP contribution in [0, 0.1) is 24.0 Å². The molecule has 1 aliphatic heterocycles. The van der Waals surface area contributed by atoms with Gasteiger partial charge in [0.2, 0.25) is 0 Å². The van der Waals surface area contributed by atoms with Gasteiger partial charge < -0.3 is 9.15 Å². The topological polar surface area (TPSA) is 120 Å². The van der Waals surface area contributed by atoms with Crippen LogP contribution < -0.4 is 0 Å². The fraction of sp³-hybridized carbons (Fsp3) is 0.318. The molecule has 0 bridgehead atoms. The van der Waals surface area contributed by atoms with Crippen molar-refractivity contribution in [3.8, 4) is 11.3 Å². The van der Waals surface area contributed by atoms with Crippen LogP contribution in [-0.4, -0.2) is 39.6 Å². The van der Waals surface area contributed by atoms with Gasteiger partial charge in [-0.2, -0.15) is 0 Å². The fourth-order valence-corrected chi connectivity index (χ4v) is 3.82. The first-order chi connectivity index (χ1) is 15.1. The van der Waals surface area contributed by atoms with Crippen LogP contribution in [0.1, 0.15) is 37.2 Å². The summed E-state index contributed by atoms with van der Waals surface area (Å²) in [6.07, 6.45) is 1.72. The molecule has 2 aromatic rings. The van der Waals surface area contributed by atoms with Crippen LogP contribution in [-0.2, 0) is 14.3 Å². The first kappa shape index (κ1) is 23.3. The summed E-state index contributed by atoms with van der Waals surface area (Å²) in [6.45, 7) is 6.58. The lowest BCUT2D eigenvalue weighted by Gasteiger charge is -2.14. The van der Waals surface area contributed by atoms with Crippen LogP contribution in [0.4, 0.5) is 10.5 Å². The number of hydrogen-bond acceptors (Lipinski definition) is 8. The van der Waals surface area contributed by atoms with E-state index in [9.17, 15) is 24.5 Å². The molecule has 0 aliphatic carbocycles. The number of ether oxygens (including phenoxy) is 1. The molecular weight excluding hydrogens is 436 g/mol. The zero-order chi connectivity index (χ0) is 23.6. The average Bonchev–Trinajstić information content (AvgIpc) is 3.30. The highest BCUT2D eigenvalue weighted by molar-refractivity contribution is 8.18. The first-order valence-corrected chi connectivity index (χ1v) is 10.7. The van der Waals surface area contributed by atoms with Gasteiger partial charge in [-0.1, -0.05) is 6.92 Å². The van der Waals surface area contributed by atoms with E-state index in [0.29, 0.717) is 40.8 Å². The maximum atomic E-state index is 12.6. The Balaban J connectivity index is 1.80. The van der Waals surface area contributed by atoms with E-state index in [-0.39, 0.29) is 16.7 Å². The van der Waals surface area contributed by atoms with Crippen molar-refractivity contribution in [1.29, 1.82) is 0 Å². The number of esters is 1. The van der Waals surface area contributed by atoms with Crippen molar-refractivity contribution in [2.24, 2.45) is 0 Å². The number of nitrogens with zero attached hydrogens (tertiary/aromatic N) is 2. The maximum absolute atomic E-state index is 12.6. The van der Waals surface area contributed by atoms with E-state index >= 15 is 0 Å². The number of aryl methyl sites for hydroxylation is 1. The molecule has 168 valence electrons. The number of carbonyl (C=O) groups excluding carboxylic acids is 3. The summed E-state index contributed by atoms with van der Waals surface area (Å²) in [7, 11) is 0. The van der Waals surface area contributed by atoms with Crippen molar-refractivity contribution >= 4 is 40.6 Å². The molecule has 2 amide bonds. The summed E-state index contributed by atoms with van der Waals surface area (Å²) in [5.41, 5.74) is 1.84. The summed E-state index contributed by atoms with van der Waals surface area (Å²) in [6, 6.07) is 6.44. The Morgan fingerprint density at radius 2 is 2.03 bits per heavy atom. The molecule has 0 saturated carbocycles. The molecule has 1 aromatic heterocycles. The van der Waals surface area contributed by atoms with Crippen LogP contribution in [0.2, 0.25) is 0 Å². The number of nitro groups is 1. The van der Waals surface area contributed by atoms with Crippen molar-refractivity contribution in [2.45, 2.75) is 40.2 Å². The zero-order valence-corrected chi connectivity index (χ0v) is 18.9. The maximum Gasteiger partial charge on any atom is 0.326 e. The second-order valence-corrected chi connectivity index (χ2v) is 8.37. The lowest BCUT2D eigenvalue weighted by molar-refractivity contribution is -0.385. The molecule has 10 heteroatoms. The Morgan fingerprint density at radius 3 is 2.69 bits per heavy atom. The Morgan fingerprint density at radius 1 is 1.31 bits per heavy atom. The van der Waals surface area contributed by atoms with E-state index in [1.807, 2.05) is 6.92 Å². The molecule has 0 unspecified atom stereocenters. The number of amides is 2. The van der Waals surface area contributed by atoms with Crippen molar-refractivity contribution in [2.75, 3.05) is 6.54 Å². The van der Waals surface area contributed by atoms with Gasteiger partial charge in [-0.15, -0.1) is 0 Å². The highest BCUT2D eigenvalue weighted by atomic mass is 32.2. The number of nitro benzene ring substituents is 1. The molecule has 32 heavy (non-hydrogen) atoms. The predicted octanol–water partition coefficient (Wildman–Crippen LogP) is 4.85. The van der Waals surface area contributed by atoms with Crippen LogP contribution in [0.3, 0.4) is 0 Å². The number of furan rings is 1. The van der Waals surface area contributed by atoms with Crippen molar-refractivity contribution in [3.63, 3.8) is 0 Å². The fourth-order valence-electron chi connectivity index (χ4n) is 3.00. The van der Waals surface area contributed by atoms with Crippen molar-refractivity contribution < 1.29 is 28.5 Å². The molecule has 1 aliphatic rings. The van der Waals surface area contributed by atoms with E-state index in [0.717, 1.165) is 10.5 Å². The van der Waals surface area contributed by atoms with Gasteiger partial charge in [0.05, 0.1) is 15.9 Å². The molecule has 1 atom stereocenters. The third-order valence-corrected chi connectivity index (χ3v) is 6.00. The van der Waals surface area contributed by atoms with Crippen molar-refractivity contribution in [1.82, 2.24) is 4.90 Å². The SMILES string of the molecule is CC[C@@H](C)OC(=O)CN1C(=O)S/C(=C/c2ccc(-c3cc(C)c(C)c([N+](=O)[O-])c3)o2)C1=O. The highest BCUT2D eigenvalue weighted by Crippen LogP contribution is 2.34.